The van der Waals surface area contributed by atoms with E-state index in [4.69, 9.17) is 9.47 Å². The lowest BCUT2D eigenvalue weighted by Gasteiger charge is -2.17. The van der Waals surface area contributed by atoms with Gasteiger partial charge in [0.05, 0.1) is 13.2 Å². The van der Waals surface area contributed by atoms with E-state index in [1.165, 1.54) is 0 Å². The lowest BCUT2D eigenvalue weighted by molar-refractivity contribution is 0.114. The first-order valence-corrected chi connectivity index (χ1v) is 10.7. The third kappa shape index (κ3) is 6.17. The normalized spacial score (nSPS) is 11.2. The molecule has 0 spiro atoms. The zero-order valence-corrected chi connectivity index (χ0v) is 19.3. The molecule has 1 aromatic carbocycles. The van der Waals surface area contributed by atoms with Crippen molar-refractivity contribution in [3.63, 3.8) is 0 Å². The Kier molecular flexibility index (Phi) is 11.1. The van der Waals surface area contributed by atoms with Crippen molar-refractivity contribution in [2.24, 2.45) is 0 Å². The Morgan fingerprint density at radius 2 is 0.955 bits per heavy atom. The van der Waals surface area contributed by atoms with E-state index < -0.39 is 0 Å². The highest BCUT2D eigenvalue weighted by Crippen LogP contribution is 2.42. The highest BCUT2D eigenvalue weighted by molar-refractivity contribution is 9.14. The molecule has 0 aliphatic rings. The summed E-state index contributed by atoms with van der Waals surface area (Å²) in [4.78, 5) is 0. The van der Waals surface area contributed by atoms with Crippen LogP contribution in [0.2, 0.25) is 0 Å². The van der Waals surface area contributed by atoms with Gasteiger partial charge in [-0.25, -0.2) is 0 Å². The van der Waals surface area contributed by atoms with Crippen molar-refractivity contribution in [2.75, 3.05) is 13.2 Å². The van der Waals surface area contributed by atoms with Crippen molar-refractivity contribution in [3.8, 4) is 0 Å². The number of hydrogen-bond donors (Lipinski definition) is 0. The van der Waals surface area contributed by atoms with Crippen LogP contribution >= 0.6 is 63.7 Å². The summed E-state index contributed by atoms with van der Waals surface area (Å²) in [5, 5.41) is 0. The molecule has 1 rings (SSSR count). The van der Waals surface area contributed by atoms with Crippen molar-refractivity contribution in [1.82, 2.24) is 0 Å². The third-order valence-electron chi connectivity index (χ3n) is 3.22. The van der Waals surface area contributed by atoms with Crippen LogP contribution < -0.4 is 0 Å². The number of rotatable bonds is 10. The lowest BCUT2D eigenvalue weighted by Crippen LogP contribution is -2.03. The van der Waals surface area contributed by atoms with E-state index in [1.807, 2.05) is 0 Å². The van der Waals surface area contributed by atoms with Crippen LogP contribution in [-0.2, 0) is 22.7 Å². The summed E-state index contributed by atoms with van der Waals surface area (Å²) in [6, 6.07) is 0. The van der Waals surface area contributed by atoms with Gasteiger partial charge in [0.2, 0.25) is 0 Å². The predicted molar refractivity (Wildman–Crippen MR) is 106 cm³/mol. The van der Waals surface area contributed by atoms with Crippen LogP contribution in [0.15, 0.2) is 17.9 Å². The van der Waals surface area contributed by atoms with Crippen LogP contribution in [0.4, 0.5) is 0 Å². The van der Waals surface area contributed by atoms with E-state index in [-0.39, 0.29) is 0 Å². The molecule has 0 aromatic heterocycles. The highest BCUT2D eigenvalue weighted by Gasteiger charge is 2.19. The van der Waals surface area contributed by atoms with Gasteiger partial charge < -0.3 is 9.47 Å². The SMILES string of the molecule is CCCCOCc1c(Br)c(Br)c(COCCCC)c(Br)c1Br. The maximum atomic E-state index is 5.75. The molecule has 0 unspecified atom stereocenters. The van der Waals surface area contributed by atoms with E-state index >= 15 is 0 Å². The van der Waals surface area contributed by atoms with Gasteiger partial charge in [-0.2, -0.15) is 0 Å². The molecule has 0 fully saturated rings. The van der Waals surface area contributed by atoms with Crippen molar-refractivity contribution in [2.45, 2.75) is 52.7 Å². The summed E-state index contributed by atoms with van der Waals surface area (Å²) >= 11 is 14.7. The van der Waals surface area contributed by atoms with Crippen LogP contribution in [0, 0.1) is 0 Å². The number of hydrogen-bond acceptors (Lipinski definition) is 2. The molecule has 2 nitrogen and oxygen atoms in total. The van der Waals surface area contributed by atoms with Gasteiger partial charge in [-0.3, -0.25) is 0 Å². The number of ether oxygens (including phenoxy) is 2. The Balaban J connectivity index is 2.85. The second-order valence-corrected chi connectivity index (χ2v) is 8.20. The first-order valence-electron chi connectivity index (χ1n) is 7.53. The monoisotopic (exact) mass is 562 g/mol. The lowest BCUT2D eigenvalue weighted by atomic mass is 10.1. The largest absolute Gasteiger partial charge is 0.377 e. The highest BCUT2D eigenvalue weighted by atomic mass is 79.9. The molecule has 0 saturated heterocycles. The first kappa shape index (κ1) is 21.1. The van der Waals surface area contributed by atoms with Crippen LogP contribution in [0.1, 0.15) is 50.7 Å². The standard InChI is InChI=1S/C16H22Br4O2/c1-3-5-7-21-9-11-13(17)15(19)12(16(20)14(11)18)10-22-8-6-4-2/h3-10H2,1-2H3. The number of benzene rings is 1. The maximum absolute atomic E-state index is 5.75. The minimum absolute atomic E-state index is 0.579. The summed E-state index contributed by atoms with van der Waals surface area (Å²) < 4.78 is 15.6. The first-order chi connectivity index (χ1) is 10.5. The van der Waals surface area contributed by atoms with Gasteiger partial charge in [-0.15, -0.1) is 0 Å². The molecule has 0 bridgehead atoms. The minimum atomic E-state index is 0.579. The van der Waals surface area contributed by atoms with Gasteiger partial charge in [-0.05, 0) is 76.6 Å². The summed E-state index contributed by atoms with van der Waals surface area (Å²) in [6.07, 6.45) is 4.45. The van der Waals surface area contributed by atoms with Gasteiger partial charge in [0.1, 0.15) is 0 Å². The quantitative estimate of drug-likeness (QED) is 0.218. The van der Waals surface area contributed by atoms with Gasteiger partial charge in [0.25, 0.3) is 0 Å². The Bertz CT molecular complexity index is 406. The Morgan fingerprint density at radius 1 is 0.636 bits per heavy atom. The van der Waals surface area contributed by atoms with Crippen LogP contribution in [-0.4, -0.2) is 13.2 Å². The summed E-state index contributed by atoms with van der Waals surface area (Å²) in [5.74, 6) is 0. The maximum Gasteiger partial charge on any atom is 0.0739 e. The minimum Gasteiger partial charge on any atom is -0.377 e. The average Bonchev–Trinajstić information content (AvgIpc) is 2.51. The predicted octanol–water partition coefficient (Wildman–Crippen LogP) is 7.37. The fourth-order valence-corrected chi connectivity index (χ4v) is 4.56. The molecular formula is C16H22Br4O2. The molecule has 0 N–H and O–H groups in total. The Labute approximate surface area is 167 Å². The van der Waals surface area contributed by atoms with Crippen LogP contribution in [0.25, 0.3) is 0 Å². The van der Waals surface area contributed by atoms with Crippen LogP contribution in [0.5, 0.6) is 0 Å². The van der Waals surface area contributed by atoms with Gasteiger partial charge in [-0.1, -0.05) is 26.7 Å². The fourth-order valence-electron chi connectivity index (χ4n) is 1.82. The Morgan fingerprint density at radius 3 is 1.23 bits per heavy atom. The fraction of sp³-hybridized carbons (Fsp3) is 0.625. The van der Waals surface area contributed by atoms with Crippen molar-refractivity contribution in [3.05, 3.63) is 29.0 Å². The number of halogens is 4. The summed E-state index contributed by atoms with van der Waals surface area (Å²) in [6.45, 7) is 7.05. The molecule has 1 aromatic rings. The molecule has 126 valence electrons. The van der Waals surface area contributed by atoms with Gasteiger partial charge in [0.15, 0.2) is 0 Å². The third-order valence-corrected chi connectivity index (χ3v) is 7.79. The second kappa shape index (κ2) is 11.6. The number of unbranched alkanes of at least 4 members (excludes halogenated alkanes) is 2. The average molecular weight is 566 g/mol. The second-order valence-electron chi connectivity index (χ2n) is 5.03. The van der Waals surface area contributed by atoms with E-state index in [0.29, 0.717) is 13.2 Å². The van der Waals surface area contributed by atoms with E-state index in [9.17, 15) is 0 Å². The van der Waals surface area contributed by atoms with Crippen LogP contribution in [0.3, 0.4) is 0 Å². The van der Waals surface area contributed by atoms with Crippen molar-refractivity contribution >= 4 is 63.7 Å². The molecule has 22 heavy (non-hydrogen) atoms. The Hall–Kier alpha value is 1.06. The summed E-state index contributed by atoms with van der Waals surface area (Å²) in [7, 11) is 0. The van der Waals surface area contributed by atoms with Crippen molar-refractivity contribution in [1.29, 1.82) is 0 Å². The van der Waals surface area contributed by atoms with Crippen molar-refractivity contribution < 1.29 is 9.47 Å². The van der Waals surface area contributed by atoms with Gasteiger partial charge in [0, 0.05) is 42.2 Å². The topological polar surface area (TPSA) is 18.5 Å². The molecule has 0 saturated carbocycles. The molecule has 0 aliphatic carbocycles. The molecule has 0 heterocycles. The zero-order valence-electron chi connectivity index (χ0n) is 13.0. The van der Waals surface area contributed by atoms with E-state index in [2.05, 4.69) is 77.6 Å². The molecule has 0 aliphatic heterocycles. The zero-order chi connectivity index (χ0) is 16.5. The van der Waals surface area contributed by atoms with E-state index in [1.54, 1.807) is 0 Å². The molecule has 0 atom stereocenters. The molecule has 0 amide bonds. The van der Waals surface area contributed by atoms with E-state index in [0.717, 1.165) is 67.9 Å². The molecular weight excluding hydrogens is 544 g/mol. The summed E-state index contributed by atoms with van der Waals surface area (Å²) in [5.41, 5.74) is 2.21. The molecule has 0 radical (unpaired) electrons. The van der Waals surface area contributed by atoms with Gasteiger partial charge >= 0.3 is 0 Å². The smallest absolute Gasteiger partial charge is 0.0739 e. The molecule has 6 heteroatoms.